The second kappa shape index (κ2) is 18.6. The molecule has 5 N–H and O–H groups in total. The minimum atomic E-state index is -1.39. The number of primary amides is 1. The summed E-state index contributed by atoms with van der Waals surface area (Å²) >= 11 is 0. The van der Waals surface area contributed by atoms with Crippen LogP contribution in [0.25, 0.3) is 21.9 Å². The van der Waals surface area contributed by atoms with Crippen LogP contribution in [0.15, 0.2) is 120 Å². The summed E-state index contributed by atoms with van der Waals surface area (Å²) in [4.78, 5) is 97.1. The third-order valence-corrected chi connectivity index (χ3v) is 10.6. The van der Waals surface area contributed by atoms with E-state index >= 15 is 0 Å². The van der Waals surface area contributed by atoms with Crippen molar-refractivity contribution in [3.05, 3.63) is 132 Å². The van der Waals surface area contributed by atoms with Gasteiger partial charge >= 0.3 is 12.1 Å². The highest BCUT2D eigenvalue weighted by molar-refractivity contribution is 6.13. The van der Waals surface area contributed by atoms with Crippen molar-refractivity contribution in [2.75, 3.05) is 43.1 Å². The second-order valence-electron chi connectivity index (χ2n) is 15.0. The largest absolute Gasteiger partial charge is 0.448 e. The molecule has 0 bridgehead atoms. The van der Waals surface area contributed by atoms with Gasteiger partial charge in [-0.2, -0.15) is 5.10 Å². The average molecular weight is 837 g/mol. The molecule has 5 aromatic rings. The number of nitrogens with zero attached hydrogens (tertiary/aromatic N) is 4. The fraction of sp³-hybridized carbons (Fsp3) is 0.217. The van der Waals surface area contributed by atoms with Crippen LogP contribution in [0.5, 0.6) is 0 Å². The van der Waals surface area contributed by atoms with Crippen molar-refractivity contribution in [2.45, 2.75) is 31.3 Å². The van der Waals surface area contributed by atoms with Crippen LogP contribution in [0.2, 0.25) is 0 Å². The molecule has 1 heterocycles. The first-order valence-corrected chi connectivity index (χ1v) is 19.8. The van der Waals surface area contributed by atoms with Crippen molar-refractivity contribution in [2.24, 2.45) is 10.8 Å². The Morgan fingerprint density at radius 1 is 0.855 bits per heavy atom. The van der Waals surface area contributed by atoms with E-state index in [2.05, 4.69) is 15.7 Å². The Morgan fingerprint density at radius 2 is 1.48 bits per heavy atom. The zero-order chi connectivity index (χ0) is 43.9. The molecule has 7 rings (SSSR count). The SMILES string of the molecule is CC(=O)C[C@@H](/C=N/NC(N)=O)NC(=O)CN1C(=O)[C@@H](NC(=O)c2cccc3ccccc23)CN(C(=O)CN(C)C(=O)OCC2c3ccccc3-c3ccccc32)c2ccccc21. The number of carbonyl (C=O) groups excluding carboxylic acids is 7. The molecule has 0 aromatic heterocycles. The van der Waals surface area contributed by atoms with Crippen LogP contribution in [0.4, 0.5) is 21.0 Å². The van der Waals surface area contributed by atoms with E-state index in [1.165, 1.54) is 18.9 Å². The number of benzene rings is 5. The maximum Gasteiger partial charge on any atom is 0.409 e. The molecular weight excluding hydrogens is 793 g/mol. The Balaban J connectivity index is 1.14. The predicted octanol–water partition coefficient (Wildman–Crippen LogP) is 4.32. The Bertz CT molecular complexity index is 2560. The van der Waals surface area contributed by atoms with E-state index in [1.54, 1.807) is 48.5 Å². The van der Waals surface area contributed by atoms with Crippen LogP contribution in [0.3, 0.4) is 0 Å². The minimum Gasteiger partial charge on any atom is -0.448 e. The normalized spacial score (nSPS) is 14.9. The van der Waals surface area contributed by atoms with Crippen LogP contribution in [-0.4, -0.2) is 98.0 Å². The zero-order valence-corrected chi connectivity index (χ0v) is 33.9. The van der Waals surface area contributed by atoms with E-state index in [4.69, 9.17) is 10.5 Å². The van der Waals surface area contributed by atoms with Crippen LogP contribution in [0, 0.1) is 0 Å². The van der Waals surface area contributed by atoms with Gasteiger partial charge in [0.15, 0.2) is 0 Å². The molecule has 16 heteroatoms. The Hall–Kier alpha value is -7.88. The van der Waals surface area contributed by atoms with Gasteiger partial charge in [-0.1, -0.05) is 97.1 Å². The molecule has 16 nitrogen and oxygen atoms in total. The summed E-state index contributed by atoms with van der Waals surface area (Å²) < 4.78 is 5.81. The van der Waals surface area contributed by atoms with Gasteiger partial charge in [0.2, 0.25) is 11.8 Å². The summed E-state index contributed by atoms with van der Waals surface area (Å²) in [5.41, 5.74) is 12.0. The first-order chi connectivity index (χ1) is 29.9. The van der Waals surface area contributed by atoms with Gasteiger partial charge in [0, 0.05) is 31.2 Å². The summed E-state index contributed by atoms with van der Waals surface area (Å²) in [6.07, 6.45) is 0.194. The minimum absolute atomic E-state index is 0.0342. The number of amides is 7. The molecule has 1 aliphatic heterocycles. The number of carbonyl (C=O) groups is 7. The summed E-state index contributed by atoms with van der Waals surface area (Å²) in [5, 5.41) is 10.5. The lowest BCUT2D eigenvalue weighted by atomic mass is 9.98. The molecule has 0 unspecified atom stereocenters. The van der Waals surface area contributed by atoms with Crippen molar-refractivity contribution < 1.29 is 38.3 Å². The molecule has 2 aliphatic rings. The number of ketones is 1. The highest BCUT2D eigenvalue weighted by Crippen LogP contribution is 2.44. The lowest BCUT2D eigenvalue weighted by Crippen LogP contribution is -2.55. The molecule has 7 amide bonds. The van der Waals surface area contributed by atoms with Gasteiger partial charge in [0.1, 0.15) is 31.5 Å². The number of fused-ring (bicyclic) bond motifs is 5. The number of hydrazone groups is 1. The van der Waals surface area contributed by atoms with Gasteiger partial charge in [0.25, 0.3) is 11.8 Å². The molecule has 316 valence electrons. The molecule has 2 atom stereocenters. The summed E-state index contributed by atoms with van der Waals surface area (Å²) in [6, 6.07) is 31.4. The highest BCUT2D eigenvalue weighted by atomic mass is 16.6. The van der Waals surface area contributed by atoms with Crippen molar-refractivity contribution >= 4 is 69.9 Å². The summed E-state index contributed by atoms with van der Waals surface area (Å²) in [6.45, 7) is -0.0889. The Kier molecular flexibility index (Phi) is 12.7. The topological polar surface area (TPSA) is 213 Å². The van der Waals surface area contributed by atoms with Crippen LogP contribution in [0.1, 0.15) is 40.7 Å². The second-order valence-corrected chi connectivity index (χ2v) is 15.0. The summed E-state index contributed by atoms with van der Waals surface area (Å²) in [7, 11) is 1.43. The third kappa shape index (κ3) is 9.28. The van der Waals surface area contributed by atoms with Crippen molar-refractivity contribution in [1.29, 1.82) is 0 Å². The molecule has 0 spiro atoms. The maximum atomic E-state index is 14.6. The number of para-hydroxylation sites is 2. The number of Topliss-reactive ketones (excluding diaryl/α,β-unsaturated/α-hetero) is 1. The zero-order valence-electron chi connectivity index (χ0n) is 33.9. The molecule has 0 saturated heterocycles. The van der Waals surface area contributed by atoms with E-state index in [0.29, 0.717) is 5.39 Å². The van der Waals surface area contributed by atoms with Gasteiger partial charge < -0.3 is 30.9 Å². The van der Waals surface area contributed by atoms with Crippen LogP contribution < -0.4 is 31.6 Å². The van der Waals surface area contributed by atoms with Gasteiger partial charge in [0.05, 0.1) is 24.0 Å². The fourth-order valence-corrected chi connectivity index (χ4v) is 7.85. The quantitative estimate of drug-likeness (QED) is 0.0989. The first-order valence-electron chi connectivity index (χ1n) is 19.8. The summed E-state index contributed by atoms with van der Waals surface area (Å²) in [5.74, 6) is -3.14. The number of nitrogens with one attached hydrogen (secondary N) is 3. The third-order valence-electron chi connectivity index (χ3n) is 10.6. The molecule has 5 aromatic carbocycles. The lowest BCUT2D eigenvalue weighted by Gasteiger charge is -2.27. The number of urea groups is 1. The average Bonchev–Trinajstić information content (AvgIpc) is 3.52. The van der Waals surface area contributed by atoms with E-state index in [0.717, 1.165) is 43.7 Å². The van der Waals surface area contributed by atoms with Crippen molar-refractivity contribution in [3.63, 3.8) is 0 Å². The van der Waals surface area contributed by atoms with Crippen molar-refractivity contribution in [1.82, 2.24) is 21.0 Å². The van der Waals surface area contributed by atoms with Crippen LogP contribution >= 0.6 is 0 Å². The van der Waals surface area contributed by atoms with E-state index in [-0.39, 0.29) is 48.2 Å². The number of rotatable bonds is 13. The lowest BCUT2D eigenvalue weighted by molar-refractivity contribution is -0.125. The smallest absolute Gasteiger partial charge is 0.409 e. The Morgan fingerprint density at radius 3 is 2.18 bits per heavy atom. The fourth-order valence-electron chi connectivity index (χ4n) is 7.85. The first kappa shape index (κ1) is 42.3. The van der Waals surface area contributed by atoms with E-state index < -0.39 is 60.9 Å². The number of hydrogen-bond acceptors (Lipinski definition) is 9. The van der Waals surface area contributed by atoms with Gasteiger partial charge in [-0.25, -0.2) is 15.0 Å². The molecule has 0 radical (unpaired) electrons. The molecule has 62 heavy (non-hydrogen) atoms. The van der Waals surface area contributed by atoms with E-state index in [9.17, 15) is 33.6 Å². The number of anilines is 2. The molecule has 0 saturated carbocycles. The maximum absolute atomic E-state index is 14.6. The predicted molar refractivity (Wildman–Crippen MR) is 232 cm³/mol. The van der Waals surface area contributed by atoms with Crippen LogP contribution in [-0.2, 0) is 23.9 Å². The van der Waals surface area contributed by atoms with Gasteiger partial charge in [-0.05, 0) is 58.1 Å². The monoisotopic (exact) mass is 836 g/mol. The highest BCUT2D eigenvalue weighted by Gasteiger charge is 2.39. The van der Waals surface area contributed by atoms with E-state index in [1.807, 2.05) is 72.2 Å². The van der Waals surface area contributed by atoms with Gasteiger partial charge in [-0.15, -0.1) is 0 Å². The molecule has 1 aliphatic carbocycles. The number of hydrogen-bond donors (Lipinski definition) is 4. The molecular formula is C46H44N8O8. The molecule has 0 fully saturated rings. The Labute approximate surface area is 356 Å². The van der Waals surface area contributed by atoms with Crippen molar-refractivity contribution in [3.8, 4) is 11.1 Å². The number of likely N-dealkylation sites (N-methyl/N-ethyl adjacent to an activating group) is 1. The standard InChI is InChI=1S/C46H44N8O8/c1-28(55)22-30(23-48-51-45(47)60)49-41(56)25-54-40-21-10-9-20-39(40)53(24-38(44(54)59)50-43(58)36-19-11-13-29-12-3-4-14-31(29)36)42(57)26-52(2)46(61)62-27-37-34-17-7-5-15-32(34)33-16-6-8-18-35(33)37/h3-21,23,30,37-38H,22,24-27H2,1-2H3,(H,49,56)(H,50,58)(H3,47,51,60)/b48-23+/t30-,38-/m0/s1. The van der Waals surface area contributed by atoms with Gasteiger partial charge in [-0.3, -0.25) is 28.9 Å². The number of ether oxygens (including phenoxy) is 1. The number of nitrogens with two attached hydrogens (primary N) is 1.